The van der Waals surface area contributed by atoms with Crippen molar-refractivity contribution in [2.75, 3.05) is 33.5 Å². The zero-order valence-corrected chi connectivity index (χ0v) is 10.6. The van der Waals surface area contributed by atoms with Gasteiger partial charge < -0.3 is 14.8 Å². The highest BCUT2D eigenvalue weighted by atomic mass is 16.5. The topological polar surface area (TPSA) is 30.5 Å². The van der Waals surface area contributed by atoms with Gasteiger partial charge in [0, 0.05) is 13.7 Å². The zero-order valence-electron chi connectivity index (χ0n) is 10.6. The SMILES string of the molecule is CCCCCOCC(COC)NCCC. The molecule has 1 N–H and O–H groups in total. The van der Waals surface area contributed by atoms with Crippen molar-refractivity contribution in [2.45, 2.75) is 45.6 Å². The van der Waals surface area contributed by atoms with Gasteiger partial charge in [-0.2, -0.15) is 0 Å². The fraction of sp³-hybridized carbons (Fsp3) is 1.00. The standard InChI is InChI=1S/C12H27NO2/c1-4-6-7-9-15-11-12(10-14-3)13-8-5-2/h12-13H,4-11H2,1-3H3. The first-order valence-electron chi connectivity index (χ1n) is 6.15. The maximum atomic E-state index is 5.60. The van der Waals surface area contributed by atoms with Gasteiger partial charge in [0.25, 0.3) is 0 Å². The van der Waals surface area contributed by atoms with Crippen LogP contribution in [-0.4, -0.2) is 39.5 Å². The summed E-state index contributed by atoms with van der Waals surface area (Å²) in [4.78, 5) is 0. The summed E-state index contributed by atoms with van der Waals surface area (Å²) in [7, 11) is 1.73. The van der Waals surface area contributed by atoms with Crippen LogP contribution in [0.25, 0.3) is 0 Å². The molecule has 0 aliphatic heterocycles. The van der Waals surface area contributed by atoms with Gasteiger partial charge in [0.05, 0.1) is 19.3 Å². The van der Waals surface area contributed by atoms with Gasteiger partial charge in [-0.15, -0.1) is 0 Å². The second-order valence-corrected chi connectivity index (χ2v) is 3.89. The van der Waals surface area contributed by atoms with Crippen LogP contribution in [0.3, 0.4) is 0 Å². The van der Waals surface area contributed by atoms with Crippen molar-refractivity contribution < 1.29 is 9.47 Å². The molecule has 92 valence electrons. The number of rotatable bonds is 11. The second kappa shape index (κ2) is 12.0. The van der Waals surface area contributed by atoms with Gasteiger partial charge in [-0.1, -0.05) is 26.7 Å². The predicted octanol–water partition coefficient (Wildman–Crippen LogP) is 2.21. The molecule has 0 aromatic heterocycles. The monoisotopic (exact) mass is 217 g/mol. The minimum atomic E-state index is 0.344. The molecule has 0 aliphatic carbocycles. The Bertz CT molecular complexity index is 120. The third-order valence-electron chi connectivity index (χ3n) is 2.26. The first kappa shape index (κ1) is 14.9. The highest BCUT2D eigenvalue weighted by molar-refractivity contribution is 4.64. The number of hydrogen-bond donors (Lipinski definition) is 1. The summed E-state index contributed by atoms with van der Waals surface area (Å²) in [6.07, 6.45) is 4.83. The van der Waals surface area contributed by atoms with E-state index < -0.39 is 0 Å². The summed E-state index contributed by atoms with van der Waals surface area (Å²) < 4.78 is 10.7. The van der Waals surface area contributed by atoms with Gasteiger partial charge in [-0.25, -0.2) is 0 Å². The van der Waals surface area contributed by atoms with Gasteiger partial charge in [-0.05, 0) is 19.4 Å². The summed E-state index contributed by atoms with van der Waals surface area (Å²) in [5.74, 6) is 0. The van der Waals surface area contributed by atoms with Crippen LogP contribution in [0.2, 0.25) is 0 Å². The fourth-order valence-electron chi connectivity index (χ4n) is 1.40. The van der Waals surface area contributed by atoms with E-state index in [4.69, 9.17) is 9.47 Å². The molecular formula is C12H27NO2. The van der Waals surface area contributed by atoms with E-state index in [9.17, 15) is 0 Å². The maximum Gasteiger partial charge on any atom is 0.0642 e. The Morgan fingerprint density at radius 3 is 2.47 bits per heavy atom. The van der Waals surface area contributed by atoms with E-state index >= 15 is 0 Å². The molecule has 0 fully saturated rings. The molecule has 0 saturated carbocycles. The summed E-state index contributed by atoms with van der Waals surface area (Å²) in [5, 5.41) is 3.41. The van der Waals surface area contributed by atoms with Crippen molar-refractivity contribution >= 4 is 0 Å². The molecule has 0 aliphatic rings. The van der Waals surface area contributed by atoms with Crippen molar-refractivity contribution in [3.05, 3.63) is 0 Å². The molecule has 0 amide bonds. The van der Waals surface area contributed by atoms with Crippen molar-refractivity contribution in [3.63, 3.8) is 0 Å². The summed E-state index contributed by atoms with van der Waals surface area (Å²) >= 11 is 0. The third-order valence-corrected chi connectivity index (χ3v) is 2.26. The lowest BCUT2D eigenvalue weighted by atomic mass is 10.2. The van der Waals surface area contributed by atoms with E-state index in [1.807, 2.05) is 0 Å². The van der Waals surface area contributed by atoms with Gasteiger partial charge in [0.1, 0.15) is 0 Å². The number of nitrogens with one attached hydrogen (secondary N) is 1. The van der Waals surface area contributed by atoms with Crippen LogP contribution in [0.15, 0.2) is 0 Å². The Kier molecular flexibility index (Phi) is 11.9. The molecule has 0 rings (SSSR count). The number of hydrogen-bond acceptors (Lipinski definition) is 3. The fourth-order valence-corrected chi connectivity index (χ4v) is 1.40. The number of methoxy groups -OCH3 is 1. The maximum absolute atomic E-state index is 5.60. The molecule has 15 heavy (non-hydrogen) atoms. The van der Waals surface area contributed by atoms with E-state index in [-0.39, 0.29) is 0 Å². The first-order chi connectivity index (χ1) is 7.35. The normalized spacial score (nSPS) is 13.0. The lowest BCUT2D eigenvalue weighted by molar-refractivity contribution is 0.0725. The zero-order chi connectivity index (χ0) is 11.4. The van der Waals surface area contributed by atoms with Gasteiger partial charge in [0.2, 0.25) is 0 Å². The summed E-state index contributed by atoms with van der Waals surface area (Å²) in [5.41, 5.74) is 0. The van der Waals surface area contributed by atoms with Crippen LogP contribution in [0.4, 0.5) is 0 Å². The quantitative estimate of drug-likeness (QED) is 0.538. The lowest BCUT2D eigenvalue weighted by Gasteiger charge is -2.17. The Balaban J connectivity index is 3.38. The first-order valence-corrected chi connectivity index (χ1v) is 6.15. The van der Waals surface area contributed by atoms with Crippen molar-refractivity contribution in [2.24, 2.45) is 0 Å². The molecule has 0 bridgehead atoms. The summed E-state index contributed by atoms with van der Waals surface area (Å²) in [6, 6.07) is 0.344. The Labute approximate surface area is 94.5 Å². The van der Waals surface area contributed by atoms with Gasteiger partial charge >= 0.3 is 0 Å². The Morgan fingerprint density at radius 1 is 1.07 bits per heavy atom. The second-order valence-electron chi connectivity index (χ2n) is 3.89. The van der Waals surface area contributed by atoms with Crippen LogP contribution in [0, 0.1) is 0 Å². The average Bonchev–Trinajstić information content (AvgIpc) is 2.25. The average molecular weight is 217 g/mol. The molecule has 0 aromatic rings. The van der Waals surface area contributed by atoms with E-state index in [0.29, 0.717) is 6.04 Å². The Morgan fingerprint density at radius 2 is 1.87 bits per heavy atom. The number of unbranched alkanes of at least 4 members (excludes halogenated alkanes) is 2. The highest BCUT2D eigenvalue weighted by Crippen LogP contribution is 1.95. The largest absolute Gasteiger partial charge is 0.383 e. The van der Waals surface area contributed by atoms with Crippen molar-refractivity contribution in [3.8, 4) is 0 Å². The lowest BCUT2D eigenvalue weighted by Crippen LogP contribution is -2.37. The van der Waals surface area contributed by atoms with Crippen molar-refractivity contribution in [1.82, 2.24) is 5.32 Å². The minimum absolute atomic E-state index is 0.344. The Hall–Kier alpha value is -0.120. The predicted molar refractivity (Wildman–Crippen MR) is 64.3 cm³/mol. The molecule has 1 unspecified atom stereocenters. The van der Waals surface area contributed by atoms with Crippen molar-refractivity contribution in [1.29, 1.82) is 0 Å². The van der Waals surface area contributed by atoms with Crippen LogP contribution in [-0.2, 0) is 9.47 Å². The highest BCUT2D eigenvalue weighted by Gasteiger charge is 2.06. The molecule has 0 aromatic carbocycles. The number of ether oxygens (including phenoxy) is 2. The van der Waals surface area contributed by atoms with Crippen LogP contribution >= 0.6 is 0 Å². The smallest absolute Gasteiger partial charge is 0.0642 e. The van der Waals surface area contributed by atoms with E-state index in [1.165, 1.54) is 19.3 Å². The molecule has 0 radical (unpaired) electrons. The molecule has 0 saturated heterocycles. The minimum Gasteiger partial charge on any atom is -0.383 e. The van der Waals surface area contributed by atoms with Gasteiger partial charge in [0.15, 0.2) is 0 Å². The summed E-state index contributed by atoms with van der Waals surface area (Å²) in [6.45, 7) is 7.77. The molecule has 0 spiro atoms. The molecular weight excluding hydrogens is 190 g/mol. The van der Waals surface area contributed by atoms with E-state index in [1.54, 1.807) is 7.11 Å². The van der Waals surface area contributed by atoms with Crippen LogP contribution in [0.1, 0.15) is 39.5 Å². The van der Waals surface area contributed by atoms with Crippen LogP contribution < -0.4 is 5.32 Å². The third kappa shape index (κ3) is 10.2. The molecule has 0 heterocycles. The molecule has 3 nitrogen and oxygen atoms in total. The van der Waals surface area contributed by atoms with E-state index in [0.717, 1.165) is 32.8 Å². The molecule has 1 atom stereocenters. The molecule has 3 heteroatoms. The van der Waals surface area contributed by atoms with E-state index in [2.05, 4.69) is 19.2 Å². The van der Waals surface area contributed by atoms with Crippen LogP contribution in [0.5, 0.6) is 0 Å². The van der Waals surface area contributed by atoms with Gasteiger partial charge in [-0.3, -0.25) is 0 Å².